The molecule has 140 valence electrons. The first-order valence-electron chi connectivity index (χ1n) is 9.57. The number of benzene rings is 1. The van der Waals surface area contributed by atoms with Crippen molar-refractivity contribution in [3.8, 4) is 0 Å². The van der Waals surface area contributed by atoms with E-state index in [-0.39, 0.29) is 17.7 Å². The molecule has 0 spiro atoms. The summed E-state index contributed by atoms with van der Waals surface area (Å²) >= 11 is 0. The predicted octanol–water partition coefficient (Wildman–Crippen LogP) is 2.74. The summed E-state index contributed by atoms with van der Waals surface area (Å²) < 4.78 is 0. The van der Waals surface area contributed by atoms with Gasteiger partial charge in [0.2, 0.25) is 11.8 Å². The molecule has 0 unspecified atom stereocenters. The molecule has 5 nitrogen and oxygen atoms in total. The Morgan fingerprint density at radius 3 is 2.38 bits per heavy atom. The first kappa shape index (κ1) is 18.6. The van der Waals surface area contributed by atoms with Crippen LogP contribution in [0.3, 0.4) is 0 Å². The van der Waals surface area contributed by atoms with Crippen LogP contribution < -0.4 is 5.32 Å². The molecule has 1 aromatic carbocycles. The summed E-state index contributed by atoms with van der Waals surface area (Å²) in [4.78, 5) is 29.1. The summed E-state index contributed by atoms with van der Waals surface area (Å²) in [5, 5.41) is 3.04. The van der Waals surface area contributed by atoms with Crippen molar-refractivity contribution in [2.45, 2.75) is 33.1 Å². The quantitative estimate of drug-likeness (QED) is 0.845. The largest absolute Gasteiger partial charge is 0.340 e. The number of allylic oxidation sites excluding steroid dienone is 2. The molecule has 0 saturated carbocycles. The van der Waals surface area contributed by atoms with Crippen molar-refractivity contribution in [3.63, 3.8) is 0 Å². The zero-order chi connectivity index (χ0) is 18.5. The van der Waals surface area contributed by atoms with E-state index in [1.165, 1.54) is 0 Å². The number of carbonyl (C=O) groups is 2. The van der Waals surface area contributed by atoms with Gasteiger partial charge < -0.3 is 10.2 Å². The third-order valence-corrected chi connectivity index (χ3v) is 5.42. The lowest BCUT2D eigenvalue weighted by atomic mass is 9.93. The smallest absolute Gasteiger partial charge is 0.238 e. The molecule has 1 fully saturated rings. The lowest BCUT2D eigenvalue weighted by Crippen LogP contribution is -2.51. The Hall–Kier alpha value is -2.14. The number of hydrogen-bond acceptors (Lipinski definition) is 3. The molecule has 1 saturated heterocycles. The summed E-state index contributed by atoms with van der Waals surface area (Å²) in [7, 11) is 0. The SMILES string of the molecule is Cc1cccc(C)c1NC(=O)CN1CCN(C(=O)[C@@H]2CC=CCC2)CC1. The summed E-state index contributed by atoms with van der Waals surface area (Å²) in [6.07, 6.45) is 7.14. The number of nitrogens with one attached hydrogen (secondary N) is 1. The molecule has 5 heteroatoms. The fraction of sp³-hybridized carbons (Fsp3) is 0.524. The normalized spacial score (nSPS) is 20.8. The highest BCUT2D eigenvalue weighted by Gasteiger charge is 2.27. The number of anilines is 1. The zero-order valence-electron chi connectivity index (χ0n) is 15.8. The van der Waals surface area contributed by atoms with Crippen molar-refractivity contribution in [1.29, 1.82) is 0 Å². The predicted molar refractivity (Wildman–Crippen MR) is 104 cm³/mol. The Morgan fingerprint density at radius 2 is 1.77 bits per heavy atom. The van der Waals surface area contributed by atoms with Gasteiger partial charge in [-0.3, -0.25) is 14.5 Å². The Kier molecular flexibility index (Phi) is 6.09. The first-order chi connectivity index (χ1) is 12.5. The maximum Gasteiger partial charge on any atom is 0.238 e. The minimum absolute atomic E-state index is 0.0135. The second-order valence-corrected chi connectivity index (χ2v) is 7.40. The number of carbonyl (C=O) groups excluding carboxylic acids is 2. The van der Waals surface area contributed by atoms with Gasteiger partial charge in [0.1, 0.15) is 0 Å². The molecule has 0 radical (unpaired) electrons. The summed E-state index contributed by atoms with van der Waals surface area (Å²) in [6, 6.07) is 6.01. The van der Waals surface area contributed by atoms with E-state index in [2.05, 4.69) is 22.4 Å². The molecule has 26 heavy (non-hydrogen) atoms. The summed E-state index contributed by atoms with van der Waals surface area (Å²) in [5.41, 5.74) is 3.07. The lowest BCUT2D eigenvalue weighted by Gasteiger charge is -2.36. The minimum atomic E-state index is 0.0135. The zero-order valence-corrected chi connectivity index (χ0v) is 15.8. The van der Waals surface area contributed by atoms with Gasteiger partial charge in [-0.2, -0.15) is 0 Å². The van der Waals surface area contributed by atoms with Gasteiger partial charge in [0.05, 0.1) is 6.54 Å². The molecule has 0 aromatic heterocycles. The third kappa shape index (κ3) is 4.52. The average molecular weight is 355 g/mol. The second kappa shape index (κ2) is 8.49. The standard InChI is InChI=1S/C21H29N3O2/c1-16-7-6-8-17(2)20(16)22-19(25)15-23-11-13-24(14-12-23)21(26)18-9-4-3-5-10-18/h3-4,6-8,18H,5,9-15H2,1-2H3,(H,22,25)/t18-/m1/s1. The Morgan fingerprint density at radius 1 is 1.08 bits per heavy atom. The van der Waals surface area contributed by atoms with Gasteiger partial charge in [0.25, 0.3) is 0 Å². The van der Waals surface area contributed by atoms with Gasteiger partial charge >= 0.3 is 0 Å². The van der Waals surface area contributed by atoms with E-state index in [0.717, 1.165) is 62.3 Å². The van der Waals surface area contributed by atoms with Crippen molar-refractivity contribution >= 4 is 17.5 Å². The molecule has 3 rings (SSSR count). The Balaban J connectivity index is 1.47. The van der Waals surface area contributed by atoms with Crippen LogP contribution in [0.25, 0.3) is 0 Å². The van der Waals surface area contributed by atoms with E-state index in [0.29, 0.717) is 6.54 Å². The van der Waals surface area contributed by atoms with Crippen molar-refractivity contribution in [2.24, 2.45) is 5.92 Å². The van der Waals surface area contributed by atoms with E-state index in [4.69, 9.17) is 0 Å². The van der Waals surface area contributed by atoms with Gasteiger partial charge in [-0.1, -0.05) is 30.4 Å². The molecule has 1 heterocycles. The Labute approximate surface area is 156 Å². The minimum Gasteiger partial charge on any atom is -0.340 e. The number of amides is 2. The highest BCUT2D eigenvalue weighted by Crippen LogP contribution is 2.22. The van der Waals surface area contributed by atoms with Crippen LogP contribution in [0.5, 0.6) is 0 Å². The van der Waals surface area contributed by atoms with Gasteiger partial charge in [0, 0.05) is 37.8 Å². The van der Waals surface area contributed by atoms with Crippen molar-refractivity contribution in [3.05, 3.63) is 41.5 Å². The van der Waals surface area contributed by atoms with E-state index in [1.54, 1.807) is 0 Å². The molecular formula is C21H29N3O2. The molecular weight excluding hydrogens is 326 g/mol. The molecule has 1 aliphatic heterocycles. The topological polar surface area (TPSA) is 52.7 Å². The van der Waals surface area contributed by atoms with Gasteiger partial charge in [-0.05, 0) is 44.2 Å². The van der Waals surface area contributed by atoms with E-state index in [9.17, 15) is 9.59 Å². The number of hydrogen-bond donors (Lipinski definition) is 1. The number of para-hydroxylation sites is 1. The average Bonchev–Trinajstić information content (AvgIpc) is 2.66. The second-order valence-electron chi connectivity index (χ2n) is 7.40. The number of rotatable bonds is 4. The highest BCUT2D eigenvalue weighted by molar-refractivity contribution is 5.93. The van der Waals surface area contributed by atoms with Crippen LogP contribution in [0.1, 0.15) is 30.4 Å². The van der Waals surface area contributed by atoms with Crippen LogP contribution in [-0.2, 0) is 9.59 Å². The van der Waals surface area contributed by atoms with Gasteiger partial charge in [-0.25, -0.2) is 0 Å². The van der Waals surface area contributed by atoms with Crippen LogP contribution in [-0.4, -0.2) is 54.3 Å². The van der Waals surface area contributed by atoms with Gasteiger partial charge in [-0.15, -0.1) is 0 Å². The van der Waals surface area contributed by atoms with Crippen LogP contribution in [0.2, 0.25) is 0 Å². The number of piperazine rings is 1. The fourth-order valence-corrected chi connectivity index (χ4v) is 3.80. The third-order valence-electron chi connectivity index (χ3n) is 5.42. The molecule has 2 aliphatic rings. The van der Waals surface area contributed by atoms with Crippen molar-refractivity contribution < 1.29 is 9.59 Å². The number of nitrogens with zero attached hydrogens (tertiary/aromatic N) is 2. The van der Waals surface area contributed by atoms with E-state index < -0.39 is 0 Å². The van der Waals surface area contributed by atoms with Crippen LogP contribution in [0.4, 0.5) is 5.69 Å². The van der Waals surface area contributed by atoms with Gasteiger partial charge in [0.15, 0.2) is 0 Å². The fourth-order valence-electron chi connectivity index (χ4n) is 3.80. The Bertz CT molecular complexity index is 670. The van der Waals surface area contributed by atoms with E-state index in [1.807, 2.05) is 36.9 Å². The monoisotopic (exact) mass is 355 g/mol. The lowest BCUT2D eigenvalue weighted by molar-refractivity contribution is -0.137. The number of aryl methyl sites for hydroxylation is 2. The van der Waals surface area contributed by atoms with Crippen molar-refractivity contribution in [2.75, 3.05) is 38.0 Å². The molecule has 1 aliphatic carbocycles. The first-order valence-corrected chi connectivity index (χ1v) is 9.57. The van der Waals surface area contributed by atoms with Crippen LogP contribution in [0, 0.1) is 19.8 Å². The van der Waals surface area contributed by atoms with E-state index >= 15 is 0 Å². The summed E-state index contributed by atoms with van der Waals surface area (Å²) in [6.45, 7) is 7.34. The summed E-state index contributed by atoms with van der Waals surface area (Å²) in [5.74, 6) is 0.451. The maximum absolute atomic E-state index is 12.6. The molecule has 0 bridgehead atoms. The molecule has 1 atom stereocenters. The van der Waals surface area contributed by atoms with Crippen LogP contribution >= 0.6 is 0 Å². The van der Waals surface area contributed by atoms with Crippen molar-refractivity contribution in [1.82, 2.24) is 9.80 Å². The molecule has 1 N–H and O–H groups in total. The maximum atomic E-state index is 12.6. The van der Waals surface area contributed by atoms with Crippen LogP contribution in [0.15, 0.2) is 30.4 Å². The molecule has 2 amide bonds. The molecule has 1 aromatic rings. The highest BCUT2D eigenvalue weighted by atomic mass is 16.2.